The molecule has 0 aliphatic carbocycles. The molecule has 0 radical (unpaired) electrons. The lowest BCUT2D eigenvalue weighted by atomic mass is 10.2. The molecule has 27 heavy (non-hydrogen) atoms. The molecule has 7 nitrogen and oxygen atoms in total. The lowest BCUT2D eigenvalue weighted by Crippen LogP contribution is -2.41. The van der Waals surface area contributed by atoms with E-state index in [9.17, 15) is 4.79 Å². The van der Waals surface area contributed by atoms with Gasteiger partial charge in [-0.25, -0.2) is 9.97 Å². The van der Waals surface area contributed by atoms with Gasteiger partial charge in [0.1, 0.15) is 10.7 Å². The smallest absolute Gasteiger partial charge is 0.251 e. The Bertz CT molecular complexity index is 953. The summed E-state index contributed by atoms with van der Waals surface area (Å²) >= 11 is 5.92. The summed E-state index contributed by atoms with van der Waals surface area (Å²) in [5.74, 6) is 0.320. The predicted octanol–water partition coefficient (Wildman–Crippen LogP) is 2.61. The second-order valence-electron chi connectivity index (χ2n) is 6.28. The number of rotatable bonds is 5. The van der Waals surface area contributed by atoms with Crippen molar-refractivity contribution in [2.75, 3.05) is 39.4 Å². The van der Waals surface area contributed by atoms with E-state index in [2.05, 4.69) is 20.2 Å². The first-order valence-corrected chi connectivity index (χ1v) is 9.18. The van der Waals surface area contributed by atoms with Crippen molar-refractivity contribution in [3.8, 4) is 11.5 Å². The average molecular weight is 387 g/mol. The van der Waals surface area contributed by atoms with E-state index in [1.165, 1.54) is 0 Å². The minimum absolute atomic E-state index is 0.123. The van der Waals surface area contributed by atoms with Gasteiger partial charge in [0.2, 0.25) is 5.89 Å². The largest absolute Gasteiger partial charge is 0.436 e. The highest BCUT2D eigenvalue weighted by atomic mass is 35.5. The molecule has 3 heterocycles. The van der Waals surface area contributed by atoms with E-state index in [0.717, 1.165) is 38.4 Å². The number of nitrogens with one attached hydrogen (secondary N) is 1. The molecule has 3 aromatic rings. The van der Waals surface area contributed by atoms with Crippen molar-refractivity contribution in [3.05, 3.63) is 47.2 Å². The molecule has 0 saturated carbocycles. The van der Waals surface area contributed by atoms with E-state index in [1.807, 2.05) is 0 Å². The van der Waals surface area contributed by atoms with Crippen LogP contribution in [-0.4, -0.2) is 60.2 Å². The maximum absolute atomic E-state index is 12.4. The summed E-state index contributed by atoms with van der Waals surface area (Å²) in [5, 5.41) is 3.32. The van der Waals surface area contributed by atoms with Crippen LogP contribution in [0, 0.1) is 0 Å². The van der Waals surface area contributed by atoms with Gasteiger partial charge in [-0.3, -0.25) is 9.69 Å². The fourth-order valence-corrected chi connectivity index (χ4v) is 3.16. The van der Waals surface area contributed by atoms with Crippen LogP contribution in [0.15, 0.2) is 40.9 Å². The van der Waals surface area contributed by atoms with Crippen LogP contribution in [0.4, 0.5) is 0 Å². The van der Waals surface area contributed by atoms with Crippen molar-refractivity contribution >= 4 is 28.6 Å². The number of benzene rings is 1. The third kappa shape index (κ3) is 4.27. The molecule has 1 aromatic carbocycles. The molecule has 0 unspecified atom stereocenters. The number of carbonyl (C=O) groups is 1. The van der Waals surface area contributed by atoms with Gasteiger partial charge >= 0.3 is 0 Å². The average Bonchev–Trinajstić information content (AvgIpc) is 3.12. The van der Waals surface area contributed by atoms with Gasteiger partial charge in [0, 0.05) is 43.5 Å². The Morgan fingerprint density at radius 1 is 1.22 bits per heavy atom. The maximum atomic E-state index is 12.4. The topological polar surface area (TPSA) is 80.5 Å². The number of halogens is 1. The van der Waals surface area contributed by atoms with Crippen LogP contribution in [0.5, 0.6) is 0 Å². The molecule has 1 aliphatic rings. The van der Waals surface area contributed by atoms with E-state index in [-0.39, 0.29) is 5.91 Å². The summed E-state index contributed by atoms with van der Waals surface area (Å²) in [6.45, 7) is 4.72. The van der Waals surface area contributed by atoms with Gasteiger partial charge in [-0.1, -0.05) is 11.6 Å². The number of hydrogen-bond donors (Lipinski definition) is 1. The molecule has 0 atom stereocenters. The number of carbonyl (C=O) groups excluding carboxylic acids is 1. The maximum Gasteiger partial charge on any atom is 0.251 e. The Morgan fingerprint density at radius 3 is 2.89 bits per heavy atom. The van der Waals surface area contributed by atoms with E-state index < -0.39 is 0 Å². The van der Waals surface area contributed by atoms with Crippen LogP contribution in [0.3, 0.4) is 0 Å². The molecule has 1 N–H and O–H groups in total. The van der Waals surface area contributed by atoms with E-state index in [4.69, 9.17) is 20.8 Å². The number of aromatic nitrogens is 2. The van der Waals surface area contributed by atoms with E-state index in [0.29, 0.717) is 34.3 Å². The Balaban J connectivity index is 1.43. The molecule has 1 fully saturated rings. The highest BCUT2D eigenvalue weighted by Gasteiger charge is 2.14. The molecule has 8 heteroatoms. The molecule has 0 spiro atoms. The zero-order chi connectivity index (χ0) is 18.6. The molecule has 1 aliphatic heterocycles. The van der Waals surface area contributed by atoms with Crippen LogP contribution in [0.25, 0.3) is 22.6 Å². The van der Waals surface area contributed by atoms with E-state index in [1.54, 1.807) is 36.5 Å². The molecular formula is C19H19ClN4O3. The van der Waals surface area contributed by atoms with Gasteiger partial charge in [-0.2, -0.15) is 0 Å². The summed E-state index contributed by atoms with van der Waals surface area (Å²) in [4.78, 5) is 23.1. The fraction of sp³-hybridized carbons (Fsp3) is 0.316. The van der Waals surface area contributed by atoms with Crippen LogP contribution in [0.1, 0.15) is 10.4 Å². The van der Waals surface area contributed by atoms with Gasteiger partial charge < -0.3 is 14.5 Å². The highest BCUT2D eigenvalue weighted by molar-refractivity contribution is 6.29. The van der Waals surface area contributed by atoms with Crippen molar-refractivity contribution in [3.63, 3.8) is 0 Å². The van der Waals surface area contributed by atoms with Crippen LogP contribution in [-0.2, 0) is 4.74 Å². The fourth-order valence-electron chi connectivity index (χ4n) is 2.98. The third-order valence-corrected chi connectivity index (χ3v) is 4.65. The molecule has 1 saturated heterocycles. The zero-order valence-corrected chi connectivity index (χ0v) is 15.4. The normalized spacial score (nSPS) is 15.1. The number of pyridine rings is 1. The SMILES string of the molecule is O=C(NCCN1CCOCC1)c1ccc2oc(-c3ccnc(Cl)c3)nc2c1. The quantitative estimate of drug-likeness (QED) is 0.679. The minimum atomic E-state index is -0.123. The summed E-state index contributed by atoms with van der Waals surface area (Å²) in [5.41, 5.74) is 2.53. The zero-order valence-electron chi connectivity index (χ0n) is 14.7. The molecule has 2 aromatic heterocycles. The number of fused-ring (bicyclic) bond motifs is 1. The summed E-state index contributed by atoms with van der Waals surface area (Å²) < 4.78 is 11.1. The predicted molar refractivity (Wildman–Crippen MR) is 102 cm³/mol. The first kappa shape index (κ1) is 17.9. The Hall–Kier alpha value is -2.48. The number of amides is 1. The molecule has 4 rings (SSSR count). The van der Waals surface area contributed by atoms with Crippen LogP contribution in [0.2, 0.25) is 5.15 Å². The molecule has 140 valence electrons. The number of morpholine rings is 1. The van der Waals surface area contributed by atoms with Crippen LogP contribution < -0.4 is 5.32 Å². The Morgan fingerprint density at radius 2 is 2.07 bits per heavy atom. The van der Waals surface area contributed by atoms with Gasteiger partial charge in [0.15, 0.2) is 5.58 Å². The van der Waals surface area contributed by atoms with Crippen LogP contribution >= 0.6 is 11.6 Å². The van der Waals surface area contributed by atoms with Crippen molar-refractivity contribution in [1.29, 1.82) is 0 Å². The number of hydrogen-bond acceptors (Lipinski definition) is 6. The second kappa shape index (κ2) is 8.04. The number of ether oxygens (including phenoxy) is 1. The monoisotopic (exact) mass is 386 g/mol. The van der Waals surface area contributed by atoms with Gasteiger partial charge in [0.05, 0.1) is 13.2 Å². The Kier molecular flexibility index (Phi) is 5.33. The summed E-state index contributed by atoms with van der Waals surface area (Å²) in [7, 11) is 0. The first-order valence-electron chi connectivity index (χ1n) is 8.80. The van der Waals surface area contributed by atoms with Crippen molar-refractivity contribution in [2.24, 2.45) is 0 Å². The summed E-state index contributed by atoms with van der Waals surface area (Å²) in [6.07, 6.45) is 1.60. The van der Waals surface area contributed by atoms with Crippen molar-refractivity contribution in [1.82, 2.24) is 20.2 Å². The second-order valence-corrected chi connectivity index (χ2v) is 6.67. The highest BCUT2D eigenvalue weighted by Crippen LogP contribution is 2.25. The Labute approximate surface area is 161 Å². The van der Waals surface area contributed by atoms with E-state index >= 15 is 0 Å². The first-order chi connectivity index (χ1) is 13.2. The van der Waals surface area contributed by atoms with Gasteiger partial charge in [0.25, 0.3) is 5.91 Å². The number of oxazole rings is 1. The van der Waals surface area contributed by atoms with Crippen molar-refractivity contribution in [2.45, 2.75) is 0 Å². The molecule has 0 bridgehead atoms. The standard InChI is InChI=1S/C19H19ClN4O3/c20-17-12-14(3-4-21-17)19-23-15-11-13(1-2-16(15)27-19)18(25)22-5-6-24-7-9-26-10-8-24/h1-4,11-12H,5-10H2,(H,22,25). The molecule has 1 amide bonds. The third-order valence-electron chi connectivity index (χ3n) is 4.44. The number of nitrogens with zero attached hydrogens (tertiary/aromatic N) is 3. The van der Waals surface area contributed by atoms with Crippen molar-refractivity contribution < 1.29 is 13.9 Å². The summed E-state index contributed by atoms with van der Waals surface area (Å²) in [6, 6.07) is 8.68. The lowest BCUT2D eigenvalue weighted by molar-refractivity contribution is 0.0383. The molecular weight excluding hydrogens is 368 g/mol. The van der Waals surface area contributed by atoms with Gasteiger partial charge in [-0.15, -0.1) is 0 Å². The minimum Gasteiger partial charge on any atom is -0.436 e. The lowest BCUT2D eigenvalue weighted by Gasteiger charge is -2.26. The van der Waals surface area contributed by atoms with Gasteiger partial charge in [-0.05, 0) is 30.3 Å².